The summed E-state index contributed by atoms with van der Waals surface area (Å²) in [7, 11) is 0. The second-order valence-corrected chi connectivity index (χ2v) is 5.90. The Hall–Kier alpha value is 0.0500. The summed E-state index contributed by atoms with van der Waals surface area (Å²) in [6.45, 7) is 10.3. The Bertz CT molecular complexity index is 126. The third-order valence-electron chi connectivity index (χ3n) is 1.47. The fourth-order valence-electron chi connectivity index (χ4n) is 0.772. The Kier molecular flexibility index (Phi) is 5.68. The first-order valence-corrected chi connectivity index (χ1v) is 5.44. The van der Waals surface area contributed by atoms with Crippen LogP contribution >= 0.6 is 11.8 Å². The van der Waals surface area contributed by atoms with Gasteiger partial charge in [0.2, 0.25) is 0 Å². The average molecular weight is 187 g/mol. The van der Waals surface area contributed by atoms with Crippen molar-refractivity contribution in [2.75, 3.05) is 5.75 Å². The third kappa shape index (κ3) is 8.15. The summed E-state index contributed by atoms with van der Waals surface area (Å²) in [4.78, 5) is 0. The van der Waals surface area contributed by atoms with Crippen LogP contribution in [0.15, 0.2) is 12.7 Å². The molecule has 0 rings (SSSR count). The fraction of sp³-hybridized carbons (Fsp3) is 0.800. The fourth-order valence-corrected chi connectivity index (χ4v) is 1.65. The smallest absolute Gasteiger partial charge is 0.0133 e. The van der Waals surface area contributed by atoms with Gasteiger partial charge in [-0.05, 0) is 12.8 Å². The lowest BCUT2D eigenvalue weighted by Crippen LogP contribution is -2.25. The molecule has 0 aromatic carbocycles. The molecule has 0 aromatic rings. The lowest BCUT2D eigenvalue weighted by Gasteiger charge is -2.20. The van der Waals surface area contributed by atoms with Crippen LogP contribution in [0, 0.1) is 0 Å². The summed E-state index contributed by atoms with van der Waals surface area (Å²) >= 11 is 1.93. The summed E-state index contributed by atoms with van der Waals surface area (Å²) in [6, 6.07) is 0.326. The quantitative estimate of drug-likeness (QED) is 0.670. The monoisotopic (exact) mass is 187 g/mol. The van der Waals surface area contributed by atoms with E-state index in [-0.39, 0.29) is 0 Å². The molecule has 0 aliphatic heterocycles. The Balaban J connectivity index is 3.43. The van der Waals surface area contributed by atoms with Crippen molar-refractivity contribution in [1.82, 2.24) is 0 Å². The number of hydrogen-bond donors (Lipinski definition) is 1. The van der Waals surface area contributed by atoms with Crippen LogP contribution in [0.4, 0.5) is 0 Å². The van der Waals surface area contributed by atoms with Crippen LogP contribution in [0.2, 0.25) is 0 Å². The topological polar surface area (TPSA) is 26.0 Å². The van der Waals surface area contributed by atoms with Crippen LogP contribution in [0.1, 0.15) is 33.6 Å². The number of allylic oxidation sites excluding steroid dienone is 1. The average Bonchev–Trinajstić information content (AvgIpc) is 1.95. The third-order valence-corrected chi connectivity index (χ3v) is 2.93. The van der Waals surface area contributed by atoms with Crippen molar-refractivity contribution in [2.45, 2.75) is 44.4 Å². The van der Waals surface area contributed by atoms with Crippen LogP contribution in [0.3, 0.4) is 0 Å². The minimum atomic E-state index is 0.326. The van der Waals surface area contributed by atoms with Crippen LogP contribution in [-0.4, -0.2) is 16.5 Å². The maximum absolute atomic E-state index is 5.90. The molecule has 0 aliphatic rings. The number of hydrogen-bond acceptors (Lipinski definition) is 2. The molecule has 0 bridgehead atoms. The molecule has 0 amide bonds. The first-order valence-electron chi connectivity index (χ1n) is 4.46. The normalized spacial score (nSPS) is 14.3. The van der Waals surface area contributed by atoms with Gasteiger partial charge in [0.05, 0.1) is 0 Å². The largest absolute Gasteiger partial charge is 0.327 e. The number of thioether (sulfide) groups is 1. The highest BCUT2D eigenvalue weighted by Crippen LogP contribution is 2.23. The molecule has 1 nitrogen and oxygen atoms in total. The molecular weight excluding hydrogens is 166 g/mol. The summed E-state index contributed by atoms with van der Waals surface area (Å²) in [6.07, 6.45) is 4.03. The molecule has 0 radical (unpaired) electrons. The molecular formula is C10H21NS. The van der Waals surface area contributed by atoms with Gasteiger partial charge in [0, 0.05) is 16.5 Å². The molecule has 0 fully saturated rings. The highest BCUT2D eigenvalue weighted by atomic mass is 32.2. The van der Waals surface area contributed by atoms with E-state index in [0.717, 1.165) is 18.6 Å². The summed E-state index contributed by atoms with van der Waals surface area (Å²) < 4.78 is 0.339. The van der Waals surface area contributed by atoms with Gasteiger partial charge in [-0.3, -0.25) is 0 Å². The molecule has 12 heavy (non-hydrogen) atoms. The minimum Gasteiger partial charge on any atom is -0.327 e. The van der Waals surface area contributed by atoms with Gasteiger partial charge in [-0.2, -0.15) is 11.8 Å². The highest BCUT2D eigenvalue weighted by Gasteiger charge is 2.12. The van der Waals surface area contributed by atoms with E-state index in [1.165, 1.54) is 0 Å². The molecule has 0 aliphatic carbocycles. The molecule has 0 saturated carbocycles. The van der Waals surface area contributed by atoms with Gasteiger partial charge in [-0.1, -0.05) is 26.8 Å². The van der Waals surface area contributed by atoms with Gasteiger partial charge in [-0.15, -0.1) is 6.58 Å². The predicted molar refractivity (Wildman–Crippen MR) is 59.6 cm³/mol. The SMILES string of the molecule is C=CCCC(N)CSC(C)(C)C. The molecule has 0 aromatic heterocycles. The molecule has 0 spiro atoms. The first kappa shape index (κ1) is 12.0. The molecule has 0 heterocycles. The van der Waals surface area contributed by atoms with Gasteiger partial charge < -0.3 is 5.73 Å². The first-order chi connectivity index (χ1) is 5.45. The second-order valence-electron chi connectivity index (χ2n) is 4.05. The second kappa shape index (κ2) is 5.65. The molecule has 2 heteroatoms. The van der Waals surface area contributed by atoms with Crippen molar-refractivity contribution in [3.05, 3.63) is 12.7 Å². The number of nitrogens with two attached hydrogens (primary N) is 1. The lowest BCUT2D eigenvalue weighted by molar-refractivity contribution is 0.679. The van der Waals surface area contributed by atoms with E-state index in [4.69, 9.17) is 5.73 Å². The maximum atomic E-state index is 5.90. The van der Waals surface area contributed by atoms with Gasteiger partial charge in [0.15, 0.2) is 0 Å². The predicted octanol–water partition coefficient (Wildman–Crippen LogP) is 2.81. The van der Waals surface area contributed by atoms with Crippen LogP contribution in [0.25, 0.3) is 0 Å². The van der Waals surface area contributed by atoms with Crippen molar-refractivity contribution in [3.63, 3.8) is 0 Å². The zero-order valence-electron chi connectivity index (χ0n) is 8.47. The van der Waals surface area contributed by atoms with E-state index in [9.17, 15) is 0 Å². The van der Waals surface area contributed by atoms with E-state index in [1.807, 2.05) is 17.8 Å². The van der Waals surface area contributed by atoms with E-state index >= 15 is 0 Å². The van der Waals surface area contributed by atoms with Gasteiger partial charge in [0.1, 0.15) is 0 Å². The molecule has 1 unspecified atom stereocenters. The Morgan fingerprint density at radius 1 is 1.50 bits per heavy atom. The van der Waals surface area contributed by atoms with Crippen LogP contribution in [0.5, 0.6) is 0 Å². The highest BCUT2D eigenvalue weighted by molar-refractivity contribution is 8.00. The summed E-state index contributed by atoms with van der Waals surface area (Å²) in [5.41, 5.74) is 5.90. The van der Waals surface area contributed by atoms with Gasteiger partial charge >= 0.3 is 0 Å². The summed E-state index contributed by atoms with van der Waals surface area (Å²) in [5.74, 6) is 1.05. The Morgan fingerprint density at radius 3 is 2.50 bits per heavy atom. The zero-order chi connectivity index (χ0) is 9.61. The minimum absolute atomic E-state index is 0.326. The Morgan fingerprint density at radius 2 is 2.08 bits per heavy atom. The van der Waals surface area contributed by atoms with E-state index in [2.05, 4.69) is 27.4 Å². The lowest BCUT2D eigenvalue weighted by atomic mass is 10.2. The number of rotatable bonds is 5. The van der Waals surface area contributed by atoms with Crippen molar-refractivity contribution >= 4 is 11.8 Å². The summed E-state index contributed by atoms with van der Waals surface area (Å²) in [5, 5.41) is 0. The van der Waals surface area contributed by atoms with E-state index < -0.39 is 0 Å². The molecule has 2 N–H and O–H groups in total. The van der Waals surface area contributed by atoms with Crippen molar-refractivity contribution in [2.24, 2.45) is 5.73 Å². The Labute approximate surface area is 80.8 Å². The van der Waals surface area contributed by atoms with E-state index in [0.29, 0.717) is 10.8 Å². The zero-order valence-corrected chi connectivity index (χ0v) is 9.29. The van der Waals surface area contributed by atoms with Crippen LogP contribution in [-0.2, 0) is 0 Å². The van der Waals surface area contributed by atoms with Crippen LogP contribution < -0.4 is 5.73 Å². The van der Waals surface area contributed by atoms with Gasteiger partial charge in [-0.25, -0.2) is 0 Å². The molecule has 0 saturated heterocycles. The van der Waals surface area contributed by atoms with Crippen molar-refractivity contribution < 1.29 is 0 Å². The van der Waals surface area contributed by atoms with E-state index in [1.54, 1.807) is 0 Å². The maximum Gasteiger partial charge on any atom is 0.0133 e. The molecule has 1 atom stereocenters. The van der Waals surface area contributed by atoms with Crippen molar-refractivity contribution in [3.8, 4) is 0 Å². The molecule has 72 valence electrons. The van der Waals surface area contributed by atoms with Crippen molar-refractivity contribution in [1.29, 1.82) is 0 Å². The van der Waals surface area contributed by atoms with Gasteiger partial charge in [0.25, 0.3) is 0 Å². The standard InChI is InChI=1S/C10H21NS/c1-5-6-7-9(11)8-12-10(2,3)4/h5,9H,1,6-8,11H2,2-4H3.